The van der Waals surface area contributed by atoms with Crippen LogP contribution in [0.5, 0.6) is 0 Å². The molecule has 1 atom stereocenters. The Bertz CT molecular complexity index is 439. The second-order valence-corrected chi connectivity index (χ2v) is 6.77. The van der Waals surface area contributed by atoms with E-state index in [2.05, 4.69) is 28.0 Å². The van der Waals surface area contributed by atoms with E-state index in [1.165, 1.54) is 12.8 Å². The molecule has 0 radical (unpaired) electrons. The number of rotatable bonds is 6. The summed E-state index contributed by atoms with van der Waals surface area (Å²) >= 11 is 3.55. The maximum absolute atomic E-state index is 11.1. The number of aryl methyl sites for hydroxylation is 1. The van der Waals surface area contributed by atoms with E-state index >= 15 is 0 Å². The van der Waals surface area contributed by atoms with Crippen LogP contribution < -0.4 is 0 Å². The summed E-state index contributed by atoms with van der Waals surface area (Å²) in [4.78, 5) is 0. The summed E-state index contributed by atoms with van der Waals surface area (Å²) in [6, 6.07) is 0. The molecule has 5 heteroatoms. The smallest absolute Gasteiger partial charge is 0.126 e. The second kappa shape index (κ2) is 7.75. The summed E-state index contributed by atoms with van der Waals surface area (Å²) in [5, 5.41) is 15.5. The van der Waals surface area contributed by atoms with Gasteiger partial charge in [0.1, 0.15) is 6.10 Å². The number of aromatic nitrogens is 2. The monoisotopic (exact) mass is 358 g/mol. The van der Waals surface area contributed by atoms with Crippen LogP contribution in [0.2, 0.25) is 0 Å². The van der Waals surface area contributed by atoms with Gasteiger partial charge in [-0.25, -0.2) is 0 Å². The first kappa shape index (κ1) is 17.0. The first-order valence-corrected chi connectivity index (χ1v) is 8.97. The minimum absolute atomic E-state index is 0.459. The number of aliphatic hydroxyl groups is 1. The zero-order valence-corrected chi connectivity index (χ0v) is 14.7. The topological polar surface area (TPSA) is 47.3 Å². The first-order chi connectivity index (χ1) is 10.1. The fourth-order valence-electron chi connectivity index (χ4n) is 3.39. The standard InChI is InChI=1S/C16H27BrN2O2/c1-3-11-19-14(13(17)12-18-19)15(20)16(21-4-2)9-7-5-6-8-10-16/h12,15,20H,3-11H2,1-2H3. The third-order valence-electron chi connectivity index (χ3n) is 4.41. The Balaban J connectivity index is 2.33. The molecule has 1 aromatic heterocycles. The van der Waals surface area contributed by atoms with Gasteiger partial charge in [-0.1, -0.05) is 32.6 Å². The fourth-order valence-corrected chi connectivity index (χ4v) is 3.91. The second-order valence-electron chi connectivity index (χ2n) is 5.92. The Morgan fingerprint density at radius 1 is 1.33 bits per heavy atom. The van der Waals surface area contributed by atoms with Crippen LogP contribution in [0.4, 0.5) is 0 Å². The molecule has 0 amide bonds. The van der Waals surface area contributed by atoms with Crippen molar-refractivity contribution in [2.45, 2.75) is 77.0 Å². The predicted octanol–water partition coefficient (Wildman–Crippen LogP) is 4.22. The summed E-state index contributed by atoms with van der Waals surface area (Å²) in [7, 11) is 0. The van der Waals surface area contributed by atoms with Crippen LogP contribution in [0, 0.1) is 0 Å². The Kier molecular flexibility index (Phi) is 6.26. The van der Waals surface area contributed by atoms with E-state index in [1.807, 2.05) is 11.6 Å². The molecule has 1 saturated carbocycles. The minimum atomic E-state index is -0.626. The molecule has 0 aromatic carbocycles. The van der Waals surface area contributed by atoms with E-state index in [-0.39, 0.29) is 0 Å². The van der Waals surface area contributed by atoms with Crippen LogP contribution in [0.15, 0.2) is 10.7 Å². The van der Waals surface area contributed by atoms with Crippen molar-refractivity contribution in [1.29, 1.82) is 0 Å². The number of hydrogen-bond acceptors (Lipinski definition) is 3. The lowest BCUT2D eigenvalue weighted by atomic mass is 9.86. The van der Waals surface area contributed by atoms with Gasteiger partial charge in [0.15, 0.2) is 0 Å². The van der Waals surface area contributed by atoms with Crippen LogP contribution >= 0.6 is 15.9 Å². The van der Waals surface area contributed by atoms with Gasteiger partial charge in [-0.3, -0.25) is 4.68 Å². The molecule has 0 bridgehead atoms. The predicted molar refractivity (Wildman–Crippen MR) is 87.2 cm³/mol. The molecule has 1 heterocycles. The molecule has 1 fully saturated rings. The highest BCUT2D eigenvalue weighted by Gasteiger charge is 2.42. The molecule has 0 aliphatic heterocycles. The Labute approximate surface area is 136 Å². The van der Waals surface area contributed by atoms with Crippen molar-refractivity contribution >= 4 is 15.9 Å². The van der Waals surface area contributed by atoms with Crippen molar-refractivity contribution in [1.82, 2.24) is 9.78 Å². The van der Waals surface area contributed by atoms with Crippen molar-refractivity contribution in [3.63, 3.8) is 0 Å². The van der Waals surface area contributed by atoms with E-state index in [0.717, 1.165) is 48.8 Å². The molecule has 1 aliphatic rings. The van der Waals surface area contributed by atoms with Crippen molar-refractivity contribution in [3.05, 3.63) is 16.4 Å². The number of nitrogens with zero attached hydrogens (tertiary/aromatic N) is 2. The lowest BCUT2D eigenvalue weighted by Crippen LogP contribution is -2.40. The SMILES string of the molecule is CCCn1ncc(Br)c1C(O)C1(OCC)CCCCCC1. The Morgan fingerprint density at radius 3 is 2.57 bits per heavy atom. The van der Waals surface area contributed by atoms with Crippen LogP contribution in [0.3, 0.4) is 0 Å². The zero-order valence-electron chi connectivity index (χ0n) is 13.1. The highest BCUT2D eigenvalue weighted by Crippen LogP contribution is 2.42. The van der Waals surface area contributed by atoms with Crippen LogP contribution in [0.25, 0.3) is 0 Å². The first-order valence-electron chi connectivity index (χ1n) is 8.18. The van der Waals surface area contributed by atoms with E-state index < -0.39 is 11.7 Å². The molecule has 1 aliphatic carbocycles. The molecule has 1 aromatic rings. The van der Waals surface area contributed by atoms with E-state index in [4.69, 9.17) is 4.74 Å². The van der Waals surface area contributed by atoms with Crippen LogP contribution in [-0.2, 0) is 11.3 Å². The average molecular weight is 359 g/mol. The largest absolute Gasteiger partial charge is 0.384 e. The third-order valence-corrected chi connectivity index (χ3v) is 5.02. The van der Waals surface area contributed by atoms with Crippen molar-refractivity contribution in [2.24, 2.45) is 0 Å². The van der Waals surface area contributed by atoms with Crippen LogP contribution in [0.1, 0.15) is 70.6 Å². The summed E-state index contributed by atoms with van der Waals surface area (Å²) in [6.45, 7) is 5.59. The lowest BCUT2D eigenvalue weighted by Gasteiger charge is -2.37. The van der Waals surface area contributed by atoms with E-state index in [1.54, 1.807) is 6.20 Å². The summed E-state index contributed by atoms with van der Waals surface area (Å²) < 4.78 is 8.91. The molecular weight excluding hydrogens is 332 g/mol. The van der Waals surface area contributed by atoms with Gasteiger partial charge in [0.2, 0.25) is 0 Å². The van der Waals surface area contributed by atoms with Gasteiger partial charge in [0, 0.05) is 13.2 Å². The molecular formula is C16H27BrN2O2. The molecule has 2 rings (SSSR count). The molecule has 120 valence electrons. The maximum Gasteiger partial charge on any atom is 0.126 e. The Morgan fingerprint density at radius 2 is 2.00 bits per heavy atom. The third kappa shape index (κ3) is 3.69. The highest BCUT2D eigenvalue weighted by molar-refractivity contribution is 9.10. The molecule has 1 unspecified atom stereocenters. The highest BCUT2D eigenvalue weighted by atomic mass is 79.9. The van der Waals surface area contributed by atoms with Gasteiger partial charge in [0.25, 0.3) is 0 Å². The normalized spacial score (nSPS) is 20.2. The quantitative estimate of drug-likeness (QED) is 0.774. The average Bonchev–Trinajstić information content (AvgIpc) is 2.69. The van der Waals surface area contributed by atoms with Crippen molar-refractivity contribution < 1.29 is 9.84 Å². The summed E-state index contributed by atoms with van der Waals surface area (Å²) in [5.41, 5.74) is 0.409. The maximum atomic E-state index is 11.1. The number of halogens is 1. The summed E-state index contributed by atoms with van der Waals surface area (Å²) in [5.74, 6) is 0. The minimum Gasteiger partial charge on any atom is -0.384 e. The molecule has 21 heavy (non-hydrogen) atoms. The van der Waals surface area contributed by atoms with Gasteiger partial charge >= 0.3 is 0 Å². The fraction of sp³-hybridized carbons (Fsp3) is 0.812. The number of hydrogen-bond donors (Lipinski definition) is 1. The Hall–Kier alpha value is -0.390. The molecule has 1 N–H and O–H groups in total. The lowest BCUT2D eigenvalue weighted by molar-refractivity contribution is -0.134. The van der Waals surface area contributed by atoms with Gasteiger partial charge in [-0.2, -0.15) is 5.10 Å². The molecule has 4 nitrogen and oxygen atoms in total. The number of ether oxygens (including phenoxy) is 1. The number of aliphatic hydroxyl groups excluding tert-OH is 1. The van der Waals surface area contributed by atoms with Crippen molar-refractivity contribution in [3.8, 4) is 0 Å². The van der Waals surface area contributed by atoms with Gasteiger partial charge in [-0.05, 0) is 42.1 Å². The van der Waals surface area contributed by atoms with Crippen LogP contribution in [-0.4, -0.2) is 27.1 Å². The summed E-state index contributed by atoms with van der Waals surface area (Å²) in [6.07, 6.45) is 8.71. The molecule has 0 saturated heterocycles. The van der Waals surface area contributed by atoms with E-state index in [9.17, 15) is 5.11 Å². The molecule has 0 spiro atoms. The van der Waals surface area contributed by atoms with Gasteiger partial charge in [-0.15, -0.1) is 0 Å². The van der Waals surface area contributed by atoms with E-state index in [0.29, 0.717) is 6.61 Å². The zero-order chi connectivity index (χ0) is 15.3. The van der Waals surface area contributed by atoms with Gasteiger partial charge in [0.05, 0.1) is 22.0 Å². The van der Waals surface area contributed by atoms with Gasteiger partial charge < -0.3 is 9.84 Å². The van der Waals surface area contributed by atoms with Crippen molar-refractivity contribution in [2.75, 3.05) is 6.61 Å².